The molecule has 3 nitrogen and oxygen atoms in total. The maximum atomic E-state index is 5.83. The van der Waals surface area contributed by atoms with E-state index in [0.29, 0.717) is 5.92 Å². The van der Waals surface area contributed by atoms with Gasteiger partial charge in [-0.1, -0.05) is 26.7 Å². The second-order valence-corrected chi connectivity index (χ2v) is 5.60. The number of hydrazine groups is 1. The van der Waals surface area contributed by atoms with Crippen molar-refractivity contribution in [3.05, 3.63) is 29.6 Å². The standard InChI is InChI=1S/C15H25N3/c1-3-12-10-17-8-7-14(12)15(18-16)13-6-4-5-11(2)9-13/h7-8,10-11,13,15,18H,3-6,9,16H2,1-2H3. The summed E-state index contributed by atoms with van der Waals surface area (Å²) in [6.45, 7) is 4.53. The molecule has 3 atom stereocenters. The molecule has 1 aromatic rings. The van der Waals surface area contributed by atoms with Crippen LogP contribution in [-0.4, -0.2) is 4.98 Å². The average Bonchev–Trinajstić information content (AvgIpc) is 2.40. The Kier molecular flexibility index (Phi) is 4.72. The molecule has 1 heterocycles. The van der Waals surface area contributed by atoms with Crippen LogP contribution in [0, 0.1) is 11.8 Å². The molecule has 2 rings (SSSR count). The third-order valence-corrected chi connectivity index (χ3v) is 4.29. The Morgan fingerprint density at radius 3 is 3.00 bits per heavy atom. The van der Waals surface area contributed by atoms with E-state index in [2.05, 4.69) is 30.3 Å². The van der Waals surface area contributed by atoms with Gasteiger partial charge in [-0.05, 0) is 48.3 Å². The average molecular weight is 247 g/mol. The molecule has 1 aliphatic carbocycles. The van der Waals surface area contributed by atoms with E-state index in [9.17, 15) is 0 Å². The van der Waals surface area contributed by atoms with Crippen LogP contribution in [0.25, 0.3) is 0 Å². The van der Waals surface area contributed by atoms with Crippen molar-refractivity contribution >= 4 is 0 Å². The number of hydrogen-bond acceptors (Lipinski definition) is 3. The molecule has 1 aliphatic rings. The number of nitrogens with one attached hydrogen (secondary N) is 1. The molecule has 0 aliphatic heterocycles. The van der Waals surface area contributed by atoms with Crippen LogP contribution in [0.3, 0.4) is 0 Å². The van der Waals surface area contributed by atoms with Crippen LogP contribution in [0.1, 0.15) is 56.7 Å². The molecule has 3 heteroatoms. The fourth-order valence-corrected chi connectivity index (χ4v) is 3.30. The number of nitrogens with zero attached hydrogens (tertiary/aromatic N) is 1. The van der Waals surface area contributed by atoms with Crippen molar-refractivity contribution in [3.8, 4) is 0 Å². The second kappa shape index (κ2) is 6.30. The summed E-state index contributed by atoms with van der Waals surface area (Å²) in [5.74, 6) is 7.32. The highest BCUT2D eigenvalue weighted by Crippen LogP contribution is 2.37. The van der Waals surface area contributed by atoms with Crippen LogP contribution >= 0.6 is 0 Å². The van der Waals surface area contributed by atoms with E-state index in [-0.39, 0.29) is 6.04 Å². The first kappa shape index (κ1) is 13.5. The largest absolute Gasteiger partial charge is 0.271 e. The number of pyridine rings is 1. The summed E-state index contributed by atoms with van der Waals surface area (Å²) in [6.07, 6.45) is 10.1. The number of aryl methyl sites for hydroxylation is 1. The van der Waals surface area contributed by atoms with Crippen molar-refractivity contribution in [1.29, 1.82) is 0 Å². The highest BCUT2D eigenvalue weighted by atomic mass is 15.2. The minimum absolute atomic E-state index is 0.283. The maximum absolute atomic E-state index is 5.83. The zero-order valence-corrected chi connectivity index (χ0v) is 11.5. The molecule has 0 spiro atoms. The Bertz CT molecular complexity index is 378. The molecular weight excluding hydrogens is 222 g/mol. The molecule has 0 bridgehead atoms. The van der Waals surface area contributed by atoms with Gasteiger partial charge in [0.2, 0.25) is 0 Å². The molecule has 1 aromatic heterocycles. The van der Waals surface area contributed by atoms with Gasteiger partial charge in [0.15, 0.2) is 0 Å². The first-order valence-corrected chi connectivity index (χ1v) is 7.15. The first-order valence-electron chi connectivity index (χ1n) is 7.15. The Labute approximate surface area is 110 Å². The van der Waals surface area contributed by atoms with E-state index >= 15 is 0 Å². The van der Waals surface area contributed by atoms with Gasteiger partial charge in [-0.25, -0.2) is 0 Å². The molecule has 3 unspecified atom stereocenters. The molecule has 1 fully saturated rings. The summed E-state index contributed by atoms with van der Waals surface area (Å²) in [5.41, 5.74) is 5.72. The summed E-state index contributed by atoms with van der Waals surface area (Å²) < 4.78 is 0. The minimum atomic E-state index is 0.283. The van der Waals surface area contributed by atoms with E-state index in [1.165, 1.54) is 36.8 Å². The molecule has 1 saturated carbocycles. The first-order chi connectivity index (χ1) is 8.76. The lowest BCUT2D eigenvalue weighted by atomic mass is 9.76. The number of nitrogens with two attached hydrogens (primary N) is 1. The van der Waals surface area contributed by atoms with Gasteiger partial charge in [-0.3, -0.25) is 16.3 Å². The maximum Gasteiger partial charge on any atom is 0.0492 e. The molecule has 100 valence electrons. The third kappa shape index (κ3) is 2.90. The van der Waals surface area contributed by atoms with Crippen LogP contribution in [0.4, 0.5) is 0 Å². The van der Waals surface area contributed by atoms with E-state index < -0.39 is 0 Å². The zero-order chi connectivity index (χ0) is 13.0. The minimum Gasteiger partial charge on any atom is -0.271 e. The van der Waals surface area contributed by atoms with Crippen molar-refractivity contribution in [2.75, 3.05) is 0 Å². The highest BCUT2D eigenvalue weighted by Gasteiger charge is 2.28. The van der Waals surface area contributed by atoms with Gasteiger partial charge < -0.3 is 0 Å². The Morgan fingerprint density at radius 1 is 1.50 bits per heavy atom. The third-order valence-electron chi connectivity index (χ3n) is 4.29. The molecule has 0 radical (unpaired) electrons. The quantitative estimate of drug-likeness (QED) is 0.635. The molecule has 0 saturated heterocycles. The number of aromatic nitrogens is 1. The van der Waals surface area contributed by atoms with E-state index in [1.54, 1.807) is 0 Å². The van der Waals surface area contributed by atoms with Gasteiger partial charge in [0.1, 0.15) is 0 Å². The van der Waals surface area contributed by atoms with Crippen LogP contribution in [0.5, 0.6) is 0 Å². The Balaban J connectivity index is 2.21. The van der Waals surface area contributed by atoms with E-state index in [1.807, 2.05) is 12.4 Å². The summed E-state index contributed by atoms with van der Waals surface area (Å²) >= 11 is 0. The smallest absolute Gasteiger partial charge is 0.0492 e. The summed E-state index contributed by atoms with van der Waals surface area (Å²) in [6, 6.07) is 2.41. The lowest BCUT2D eigenvalue weighted by Crippen LogP contribution is -2.36. The van der Waals surface area contributed by atoms with Gasteiger partial charge in [0, 0.05) is 18.4 Å². The lowest BCUT2D eigenvalue weighted by Gasteiger charge is -2.34. The predicted octanol–water partition coefficient (Wildman–Crippen LogP) is 2.97. The fraction of sp³-hybridized carbons (Fsp3) is 0.667. The Hall–Kier alpha value is -0.930. The highest BCUT2D eigenvalue weighted by molar-refractivity contribution is 5.27. The van der Waals surface area contributed by atoms with Gasteiger partial charge in [-0.2, -0.15) is 0 Å². The summed E-state index contributed by atoms with van der Waals surface area (Å²) in [5, 5.41) is 0. The monoisotopic (exact) mass is 247 g/mol. The molecular formula is C15H25N3. The molecule has 18 heavy (non-hydrogen) atoms. The van der Waals surface area contributed by atoms with E-state index in [0.717, 1.165) is 12.3 Å². The van der Waals surface area contributed by atoms with Crippen molar-refractivity contribution in [3.63, 3.8) is 0 Å². The van der Waals surface area contributed by atoms with Crippen LogP contribution in [-0.2, 0) is 6.42 Å². The molecule has 0 amide bonds. The number of rotatable bonds is 4. The van der Waals surface area contributed by atoms with Gasteiger partial charge in [0.05, 0.1) is 0 Å². The van der Waals surface area contributed by atoms with Crippen LogP contribution < -0.4 is 11.3 Å². The lowest BCUT2D eigenvalue weighted by molar-refractivity contribution is 0.224. The predicted molar refractivity (Wildman–Crippen MR) is 74.8 cm³/mol. The van der Waals surface area contributed by atoms with E-state index in [4.69, 9.17) is 5.84 Å². The SMILES string of the molecule is CCc1cnccc1C(NN)C1CCCC(C)C1. The van der Waals surface area contributed by atoms with Gasteiger partial charge >= 0.3 is 0 Å². The molecule has 0 aromatic carbocycles. The van der Waals surface area contributed by atoms with Crippen molar-refractivity contribution in [2.24, 2.45) is 17.7 Å². The van der Waals surface area contributed by atoms with Crippen molar-refractivity contribution in [2.45, 2.75) is 52.0 Å². The number of hydrogen-bond donors (Lipinski definition) is 2. The summed E-state index contributed by atoms with van der Waals surface area (Å²) in [4.78, 5) is 4.22. The van der Waals surface area contributed by atoms with Crippen molar-refractivity contribution < 1.29 is 0 Å². The fourth-order valence-electron chi connectivity index (χ4n) is 3.30. The summed E-state index contributed by atoms with van der Waals surface area (Å²) in [7, 11) is 0. The van der Waals surface area contributed by atoms with Crippen molar-refractivity contribution in [1.82, 2.24) is 10.4 Å². The van der Waals surface area contributed by atoms with Crippen LogP contribution in [0.2, 0.25) is 0 Å². The van der Waals surface area contributed by atoms with Gasteiger partial charge in [-0.15, -0.1) is 0 Å². The zero-order valence-electron chi connectivity index (χ0n) is 11.5. The normalized spacial score (nSPS) is 25.9. The van der Waals surface area contributed by atoms with Crippen LogP contribution in [0.15, 0.2) is 18.5 Å². The van der Waals surface area contributed by atoms with Gasteiger partial charge in [0.25, 0.3) is 0 Å². The Morgan fingerprint density at radius 2 is 2.33 bits per heavy atom. The topological polar surface area (TPSA) is 50.9 Å². The molecule has 3 N–H and O–H groups in total. The second-order valence-electron chi connectivity index (χ2n) is 5.60.